The molecule has 0 bridgehead atoms. The van der Waals surface area contributed by atoms with Crippen molar-refractivity contribution in [2.24, 2.45) is 0 Å². The lowest BCUT2D eigenvalue weighted by molar-refractivity contribution is -0.143. The van der Waals surface area contributed by atoms with Crippen LogP contribution in [0.15, 0.2) is 30.3 Å². The maximum absolute atomic E-state index is 12.4. The zero-order valence-electron chi connectivity index (χ0n) is 15.1. The van der Waals surface area contributed by atoms with Crippen molar-refractivity contribution in [1.29, 1.82) is 0 Å². The van der Waals surface area contributed by atoms with E-state index in [1.165, 1.54) is 5.56 Å². The van der Waals surface area contributed by atoms with Gasteiger partial charge in [-0.1, -0.05) is 29.8 Å². The first-order valence-electron chi connectivity index (χ1n) is 8.26. The Kier molecular flexibility index (Phi) is 8.79. The Bertz CT molecular complexity index is 550. The number of aryl methyl sites for hydroxylation is 1. The summed E-state index contributed by atoms with van der Waals surface area (Å²) in [6.07, 6.45) is 3.58. The van der Waals surface area contributed by atoms with Crippen molar-refractivity contribution in [3.63, 3.8) is 0 Å². The van der Waals surface area contributed by atoms with Gasteiger partial charge in [0.2, 0.25) is 5.91 Å². The van der Waals surface area contributed by atoms with Gasteiger partial charge >= 0.3 is 5.97 Å². The Hall–Kier alpha value is -2.14. The molecule has 0 radical (unpaired) electrons. The molecule has 1 amide bonds. The molecule has 0 aliphatic carbocycles. The summed E-state index contributed by atoms with van der Waals surface area (Å²) < 4.78 is 4.93. The van der Waals surface area contributed by atoms with E-state index < -0.39 is 0 Å². The van der Waals surface area contributed by atoms with E-state index in [0.29, 0.717) is 19.7 Å². The predicted molar refractivity (Wildman–Crippen MR) is 96.6 cm³/mol. The third-order valence-corrected chi connectivity index (χ3v) is 3.52. The number of ether oxygens (including phenoxy) is 1. The van der Waals surface area contributed by atoms with Crippen LogP contribution in [-0.4, -0.2) is 62.0 Å². The second kappa shape index (κ2) is 10.6. The zero-order chi connectivity index (χ0) is 17.9. The van der Waals surface area contributed by atoms with Gasteiger partial charge in [-0.05, 0) is 39.6 Å². The van der Waals surface area contributed by atoms with Gasteiger partial charge in [0.25, 0.3) is 0 Å². The summed E-state index contributed by atoms with van der Waals surface area (Å²) in [6, 6.07) is 7.97. The van der Waals surface area contributed by atoms with E-state index in [1.807, 2.05) is 50.2 Å². The minimum absolute atomic E-state index is 0.0956. The van der Waals surface area contributed by atoms with Crippen molar-refractivity contribution in [3.05, 3.63) is 41.5 Å². The number of hydrogen-bond donors (Lipinski definition) is 0. The molecule has 0 aliphatic rings. The van der Waals surface area contributed by atoms with Crippen LogP contribution in [0, 0.1) is 6.92 Å². The van der Waals surface area contributed by atoms with E-state index in [2.05, 4.69) is 0 Å². The zero-order valence-corrected chi connectivity index (χ0v) is 15.1. The fourth-order valence-corrected chi connectivity index (χ4v) is 2.06. The summed E-state index contributed by atoms with van der Waals surface area (Å²) in [7, 11) is 3.91. The first-order valence-corrected chi connectivity index (χ1v) is 8.26. The molecule has 1 aromatic rings. The number of amides is 1. The average Bonchev–Trinajstić information content (AvgIpc) is 2.54. The largest absolute Gasteiger partial charge is 0.466 e. The van der Waals surface area contributed by atoms with Gasteiger partial charge in [-0.2, -0.15) is 0 Å². The molecule has 0 spiro atoms. The lowest BCUT2D eigenvalue weighted by Crippen LogP contribution is -2.37. The molecule has 0 heterocycles. The molecule has 0 N–H and O–H groups in total. The minimum Gasteiger partial charge on any atom is -0.466 e. The molecule has 5 nitrogen and oxygen atoms in total. The van der Waals surface area contributed by atoms with Gasteiger partial charge in [0.05, 0.1) is 13.0 Å². The predicted octanol–water partition coefficient (Wildman–Crippen LogP) is 2.35. The summed E-state index contributed by atoms with van der Waals surface area (Å²) >= 11 is 0. The Labute approximate surface area is 144 Å². The number of carbonyl (C=O) groups is 2. The fourth-order valence-electron chi connectivity index (χ4n) is 2.06. The van der Waals surface area contributed by atoms with Crippen LogP contribution >= 0.6 is 0 Å². The van der Waals surface area contributed by atoms with E-state index >= 15 is 0 Å². The highest BCUT2D eigenvalue weighted by atomic mass is 16.5. The van der Waals surface area contributed by atoms with E-state index in [4.69, 9.17) is 4.74 Å². The molecule has 132 valence electrons. The molecule has 1 rings (SSSR count). The summed E-state index contributed by atoms with van der Waals surface area (Å²) in [5.41, 5.74) is 2.16. The number of benzene rings is 1. The van der Waals surface area contributed by atoms with Crippen LogP contribution in [0.25, 0.3) is 6.08 Å². The molecule has 0 saturated heterocycles. The highest BCUT2D eigenvalue weighted by Gasteiger charge is 2.13. The maximum atomic E-state index is 12.4. The summed E-state index contributed by atoms with van der Waals surface area (Å²) in [5.74, 6) is -0.371. The van der Waals surface area contributed by atoms with Crippen molar-refractivity contribution in [3.8, 4) is 0 Å². The molecule has 24 heavy (non-hydrogen) atoms. The third-order valence-electron chi connectivity index (χ3n) is 3.52. The van der Waals surface area contributed by atoms with Crippen molar-refractivity contribution in [1.82, 2.24) is 9.80 Å². The highest BCUT2D eigenvalue weighted by Crippen LogP contribution is 2.06. The molecule has 0 aromatic heterocycles. The molecular weight excluding hydrogens is 304 g/mol. The first-order chi connectivity index (χ1) is 11.4. The molecule has 0 saturated carbocycles. The van der Waals surface area contributed by atoms with E-state index in [9.17, 15) is 9.59 Å². The number of rotatable bonds is 9. The van der Waals surface area contributed by atoms with E-state index in [1.54, 1.807) is 24.0 Å². The van der Waals surface area contributed by atoms with Crippen molar-refractivity contribution in [2.75, 3.05) is 40.3 Å². The average molecular weight is 332 g/mol. The molecule has 5 heteroatoms. The molecule has 0 fully saturated rings. The lowest BCUT2D eigenvalue weighted by atomic mass is 10.1. The summed E-state index contributed by atoms with van der Waals surface area (Å²) in [5, 5.41) is 0. The van der Waals surface area contributed by atoms with E-state index in [-0.39, 0.29) is 18.3 Å². The van der Waals surface area contributed by atoms with Gasteiger partial charge in [0, 0.05) is 25.7 Å². The van der Waals surface area contributed by atoms with Gasteiger partial charge in [-0.25, -0.2) is 0 Å². The normalized spacial score (nSPS) is 11.0. The summed E-state index contributed by atoms with van der Waals surface area (Å²) in [6.45, 7) is 5.84. The van der Waals surface area contributed by atoms with Crippen molar-refractivity contribution < 1.29 is 14.3 Å². The SMILES string of the molecule is CCOC(=O)CCN(CCN(C)C)C(=O)/C=C/c1ccc(C)cc1. The Morgan fingerprint density at radius 2 is 1.75 bits per heavy atom. The van der Waals surface area contributed by atoms with Gasteiger partial charge < -0.3 is 14.5 Å². The Balaban J connectivity index is 2.67. The number of nitrogens with zero attached hydrogens (tertiary/aromatic N) is 2. The quantitative estimate of drug-likeness (QED) is 0.514. The van der Waals surface area contributed by atoms with Gasteiger partial charge in [-0.3, -0.25) is 9.59 Å². The molecule has 0 atom stereocenters. The van der Waals surface area contributed by atoms with Crippen LogP contribution in [0.1, 0.15) is 24.5 Å². The lowest BCUT2D eigenvalue weighted by Gasteiger charge is -2.22. The monoisotopic (exact) mass is 332 g/mol. The van der Waals surface area contributed by atoms with Crippen LogP contribution in [0.5, 0.6) is 0 Å². The van der Waals surface area contributed by atoms with Crippen LogP contribution in [0.4, 0.5) is 0 Å². The number of hydrogen-bond acceptors (Lipinski definition) is 4. The summed E-state index contributed by atoms with van der Waals surface area (Å²) in [4.78, 5) is 27.7. The van der Waals surface area contributed by atoms with Crippen LogP contribution in [0.2, 0.25) is 0 Å². The Morgan fingerprint density at radius 3 is 2.33 bits per heavy atom. The first kappa shape index (κ1) is 19.9. The molecule has 0 unspecified atom stereocenters. The van der Waals surface area contributed by atoms with E-state index in [0.717, 1.165) is 12.1 Å². The fraction of sp³-hybridized carbons (Fsp3) is 0.474. The second-order valence-corrected chi connectivity index (χ2v) is 5.93. The van der Waals surface area contributed by atoms with Crippen molar-refractivity contribution in [2.45, 2.75) is 20.3 Å². The van der Waals surface area contributed by atoms with Gasteiger partial charge in [0.15, 0.2) is 0 Å². The maximum Gasteiger partial charge on any atom is 0.307 e. The topological polar surface area (TPSA) is 49.9 Å². The standard InChI is InChI=1S/C19H28N2O3/c1-5-24-19(23)12-13-21(15-14-20(3)4)18(22)11-10-17-8-6-16(2)7-9-17/h6-11H,5,12-15H2,1-4H3/b11-10+. The smallest absolute Gasteiger partial charge is 0.307 e. The van der Waals surface area contributed by atoms with Gasteiger partial charge in [-0.15, -0.1) is 0 Å². The Morgan fingerprint density at radius 1 is 1.08 bits per heavy atom. The van der Waals surface area contributed by atoms with Crippen molar-refractivity contribution >= 4 is 18.0 Å². The molecular formula is C19H28N2O3. The number of likely N-dealkylation sites (N-methyl/N-ethyl adjacent to an activating group) is 1. The number of carbonyl (C=O) groups excluding carboxylic acids is 2. The van der Waals surface area contributed by atoms with Crippen LogP contribution in [-0.2, 0) is 14.3 Å². The van der Waals surface area contributed by atoms with Crippen LogP contribution < -0.4 is 0 Å². The molecule has 0 aliphatic heterocycles. The minimum atomic E-state index is -0.275. The third kappa shape index (κ3) is 7.92. The molecule has 1 aromatic carbocycles. The second-order valence-electron chi connectivity index (χ2n) is 5.93. The van der Waals surface area contributed by atoms with Crippen LogP contribution in [0.3, 0.4) is 0 Å². The number of esters is 1. The highest BCUT2D eigenvalue weighted by molar-refractivity contribution is 5.92. The van der Waals surface area contributed by atoms with Gasteiger partial charge in [0.1, 0.15) is 0 Å².